The number of hydrogen-bond acceptors (Lipinski definition) is 0. The van der Waals surface area contributed by atoms with Gasteiger partial charge < -0.3 is 34.0 Å². The van der Waals surface area contributed by atoms with Gasteiger partial charge in [0.15, 0.2) is 0 Å². The van der Waals surface area contributed by atoms with Crippen molar-refractivity contribution in [2.75, 3.05) is 26.7 Å². The van der Waals surface area contributed by atoms with E-state index < -0.39 is 14.5 Å². The van der Waals surface area contributed by atoms with Gasteiger partial charge in [-0.2, -0.15) is 0 Å². The minimum atomic E-state index is -1.14. The van der Waals surface area contributed by atoms with Crippen molar-refractivity contribution in [1.29, 1.82) is 0 Å². The van der Waals surface area contributed by atoms with Crippen molar-refractivity contribution in [3.63, 3.8) is 0 Å². The van der Waals surface area contributed by atoms with Crippen LogP contribution in [-0.4, -0.2) is 26.7 Å². The molecule has 4 rings (SSSR count). The van der Waals surface area contributed by atoms with Gasteiger partial charge in [0.05, 0.1) is 49.6 Å². The summed E-state index contributed by atoms with van der Waals surface area (Å²) in [5.74, 6) is 0. The maximum Gasteiger partial charge on any atom is 0.0937 e. The summed E-state index contributed by atoms with van der Waals surface area (Å²) in [6.07, 6.45) is 3.31. The van der Waals surface area contributed by atoms with E-state index in [9.17, 15) is 0 Å². The van der Waals surface area contributed by atoms with Crippen LogP contribution in [0.15, 0.2) is 109 Å². The molecule has 0 heterocycles. The second-order valence-corrected chi connectivity index (χ2v) is 18.6. The van der Waals surface area contributed by atoms with Gasteiger partial charge in [0.25, 0.3) is 0 Å². The Hall–Kier alpha value is -1.30. The van der Waals surface area contributed by atoms with Crippen LogP contribution in [0.5, 0.6) is 0 Å². The highest BCUT2D eigenvalue weighted by molar-refractivity contribution is 7.81. The number of halogens is 2. The van der Waals surface area contributed by atoms with E-state index in [1.54, 1.807) is 0 Å². The lowest BCUT2D eigenvalue weighted by Crippen LogP contribution is -3.00. The predicted octanol–water partition coefficient (Wildman–Crippen LogP) is 1.49. The monoisotopic (exact) mass is 628 g/mol. The molecule has 0 N–H and O–H groups in total. The molecule has 184 valence electrons. The normalized spacial score (nSPS) is 11.3. The Labute approximate surface area is 234 Å². The van der Waals surface area contributed by atoms with Gasteiger partial charge in [0, 0.05) is 14.5 Å². The highest BCUT2D eigenvalue weighted by Crippen LogP contribution is 2.53. The topological polar surface area (TPSA) is 0 Å². The van der Waals surface area contributed by atoms with Crippen molar-refractivity contribution in [2.45, 2.75) is 18.7 Å². The Bertz CT molecular complexity index is 1060. The predicted molar refractivity (Wildman–Crippen MR) is 153 cm³/mol. The molecule has 0 aliphatic heterocycles. The molecule has 0 fully saturated rings. The lowest BCUT2D eigenvalue weighted by Gasteiger charge is -2.18. The summed E-state index contributed by atoms with van der Waals surface area (Å²) < 4.78 is 0. The van der Waals surface area contributed by atoms with Gasteiger partial charge in [-0.3, -0.25) is 0 Å². The molecule has 0 saturated heterocycles. The Balaban J connectivity index is 0.00000216. The van der Waals surface area contributed by atoms with E-state index in [0.29, 0.717) is 0 Å². The average molecular weight is 630 g/mol. The minimum Gasteiger partial charge on any atom is -1.00 e. The third-order valence-corrected chi connectivity index (χ3v) is 12.2. The molecule has 4 aromatic rings. The van der Waals surface area contributed by atoms with Crippen molar-refractivity contribution in [3.8, 4) is 0 Å². The Kier molecular flexibility index (Phi) is 11.4. The maximum atomic E-state index is 2.44. The van der Waals surface area contributed by atoms with E-state index in [4.69, 9.17) is 0 Å². The first-order valence-electron chi connectivity index (χ1n) is 11.7. The van der Waals surface area contributed by atoms with Crippen LogP contribution in [0, 0.1) is 0 Å². The van der Waals surface area contributed by atoms with Crippen molar-refractivity contribution in [1.82, 2.24) is 0 Å². The fourth-order valence-corrected chi connectivity index (χ4v) is 9.09. The Morgan fingerprint density at radius 2 is 0.686 bits per heavy atom. The zero-order valence-corrected chi connectivity index (χ0v) is 26.1. The van der Waals surface area contributed by atoms with E-state index in [1.165, 1.54) is 32.9 Å². The minimum absolute atomic E-state index is 0. The van der Waals surface area contributed by atoms with Gasteiger partial charge in [0.2, 0.25) is 0 Å². The first-order valence-corrected chi connectivity index (χ1v) is 17.5. The molecule has 0 nitrogen and oxygen atoms in total. The smallest absolute Gasteiger partial charge is 0.0937 e. The summed E-state index contributed by atoms with van der Waals surface area (Å²) in [6, 6.07) is 40.6. The summed E-state index contributed by atoms with van der Waals surface area (Å²) in [7, 11) is -2.28. The molecule has 35 heavy (non-hydrogen) atoms. The number of benzene rings is 4. The van der Waals surface area contributed by atoms with Crippen LogP contribution in [0.25, 0.3) is 0 Å². The molecule has 0 saturated carbocycles. The molecular formula is C31H36Br2P2. The quantitative estimate of drug-likeness (QED) is 0.259. The van der Waals surface area contributed by atoms with Gasteiger partial charge in [-0.25, -0.2) is 0 Å². The van der Waals surface area contributed by atoms with E-state index >= 15 is 0 Å². The molecule has 0 atom stereocenters. The fourth-order valence-electron chi connectivity index (χ4n) is 4.52. The van der Waals surface area contributed by atoms with Gasteiger partial charge in [0.1, 0.15) is 0 Å². The second kappa shape index (κ2) is 13.3. The molecule has 0 aliphatic rings. The van der Waals surface area contributed by atoms with Gasteiger partial charge in [-0.15, -0.1) is 0 Å². The number of hydrogen-bond donors (Lipinski definition) is 0. The molecular weight excluding hydrogens is 594 g/mol. The third-order valence-electron chi connectivity index (χ3n) is 6.52. The molecule has 0 bridgehead atoms. The van der Waals surface area contributed by atoms with Gasteiger partial charge in [-0.05, 0) is 52.9 Å². The second-order valence-electron chi connectivity index (χ2n) is 10.2. The zero-order valence-electron chi connectivity index (χ0n) is 21.2. The van der Waals surface area contributed by atoms with Crippen LogP contribution in [0.4, 0.5) is 0 Å². The van der Waals surface area contributed by atoms with Gasteiger partial charge in [-0.1, -0.05) is 84.9 Å². The summed E-state index contributed by atoms with van der Waals surface area (Å²) in [4.78, 5) is 0. The van der Waals surface area contributed by atoms with Crippen molar-refractivity contribution >= 4 is 25.1 Å². The van der Waals surface area contributed by atoms with E-state index in [0.717, 1.165) is 18.7 Å². The van der Waals surface area contributed by atoms with Gasteiger partial charge >= 0.3 is 0 Å². The van der Waals surface area contributed by atoms with Crippen LogP contribution in [0.1, 0.15) is 22.3 Å². The third kappa shape index (κ3) is 8.36. The average Bonchev–Trinajstić information content (AvgIpc) is 2.82. The molecule has 0 amide bonds. The fraction of sp³-hybridized carbons (Fsp3) is 0.226. The maximum absolute atomic E-state index is 2.44. The van der Waals surface area contributed by atoms with Crippen LogP contribution >= 0.6 is 14.5 Å². The lowest BCUT2D eigenvalue weighted by molar-refractivity contribution is -0.00100. The summed E-state index contributed by atoms with van der Waals surface area (Å²) in [5.41, 5.74) is 5.67. The summed E-state index contributed by atoms with van der Waals surface area (Å²) >= 11 is 0. The van der Waals surface area contributed by atoms with Crippen LogP contribution in [-0.2, 0) is 18.7 Å². The zero-order chi connectivity index (χ0) is 23.3. The van der Waals surface area contributed by atoms with E-state index in [2.05, 4.69) is 136 Å². The Morgan fingerprint density at radius 1 is 0.400 bits per heavy atom. The van der Waals surface area contributed by atoms with E-state index in [-0.39, 0.29) is 34.0 Å². The molecule has 4 aromatic carbocycles. The SMILES string of the molecule is C[P+](C)(Cc1ccc(Cc2ccc(C[P+](C)(C)c3ccccc3)cc2)cc1)c1ccccc1.[Br-].[Br-]. The van der Waals surface area contributed by atoms with Crippen LogP contribution in [0.2, 0.25) is 0 Å². The highest BCUT2D eigenvalue weighted by Gasteiger charge is 2.29. The largest absolute Gasteiger partial charge is 1.00 e. The van der Waals surface area contributed by atoms with Crippen LogP contribution < -0.4 is 44.6 Å². The lowest BCUT2D eigenvalue weighted by atomic mass is 10.0. The molecule has 0 aliphatic carbocycles. The van der Waals surface area contributed by atoms with Crippen molar-refractivity contribution in [3.05, 3.63) is 131 Å². The summed E-state index contributed by atoms with van der Waals surface area (Å²) in [6.45, 7) is 9.77. The highest BCUT2D eigenvalue weighted by atomic mass is 79.9. The molecule has 0 spiro atoms. The molecule has 4 heteroatoms. The standard InChI is InChI=1S/C31H36P2.2BrH/c1-32(2,30-11-7-5-8-12-30)24-28-19-15-26(16-20-28)23-27-17-21-29(22-18-27)25-33(3,4)31-13-9-6-10-14-31;;/h5-22H,23-25H2,1-4H3;2*1H/q+2;;/p-2. The van der Waals surface area contributed by atoms with Crippen molar-refractivity contribution in [2.24, 2.45) is 0 Å². The van der Waals surface area contributed by atoms with E-state index in [1.807, 2.05) is 0 Å². The molecule has 0 aromatic heterocycles. The van der Waals surface area contributed by atoms with Crippen molar-refractivity contribution < 1.29 is 34.0 Å². The van der Waals surface area contributed by atoms with Crippen LogP contribution in [0.3, 0.4) is 0 Å². The number of rotatable bonds is 8. The molecule has 0 unspecified atom stereocenters. The first-order chi connectivity index (χ1) is 15.8. The molecule has 0 radical (unpaired) electrons. The Morgan fingerprint density at radius 3 is 1.00 bits per heavy atom. The summed E-state index contributed by atoms with van der Waals surface area (Å²) in [5, 5.41) is 3.01. The first kappa shape index (κ1) is 29.9.